The summed E-state index contributed by atoms with van der Waals surface area (Å²) in [4.78, 5) is 36.4. The van der Waals surface area contributed by atoms with E-state index in [1.165, 1.54) is 34.6 Å². The fourth-order valence-electron chi connectivity index (χ4n) is 3.92. The normalized spacial score (nSPS) is 16.3. The van der Waals surface area contributed by atoms with Crippen molar-refractivity contribution >= 4 is 23.2 Å². The van der Waals surface area contributed by atoms with Crippen LogP contribution in [-0.4, -0.2) is 26.7 Å². The fourth-order valence-corrected chi connectivity index (χ4v) is 4.66. The van der Waals surface area contributed by atoms with Crippen LogP contribution in [-0.2, 0) is 11.2 Å². The number of aromatic nitrogens is 2. The first kappa shape index (κ1) is 19.2. The zero-order valence-electron chi connectivity index (χ0n) is 15.7. The van der Waals surface area contributed by atoms with Gasteiger partial charge in [-0.25, -0.2) is 9.37 Å². The second kappa shape index (κ2) is 7.71. The van der Waals surface area contributed by atoms with Crippen molar-refractivity contribution in [2.45, 2.75) is 31.8 Å². The third-order valence-corrected chi connectivity index (χ3v) is 6.13. The van der Waals surface area contributed by atoms with E-state index in [9.17, 15) is 14.0 Å². The first-order valence-corrected chi connectivity index (χ1v) is 10.1. The number of amides is 2. The summed E-state index contributed by atoms with van der Waals surface area (Å²) in [6.07, 6.45) is 4.32. The highest BCUT2D eigenvalue weighted by atomic mass is 32.1. The molecule has 0 saturated heterocycles. The number of fused-ring (bicyclic) bond motifs is 1. The molecular weight excluding hydrogens is 391 g/mol. The van der Waals surface area contributed by atoms with Crippen molar-refractivity contribution in [3.05, 3.63) is 81.3 Å². The lowest BCUT2D eigenvalue weighted by molar-refractivity contribution is -0.123. The Morgan fingerprint density at radius 1 is 1.34 bits per heavy atom. The van der Waals surface area contributed by atoms with Crippen molar-refractivity contribution in [3.8, 4) is 0 Å². The fraction of sp³-hybridized carbons (Fsp3) is 0.238. The van der Waals surface area contributed by atoms with Gasteiger partial charge >= 0.3 is 0 Å². The molecule has 0 bridgehead atoms. The lowest BCUT2D eigenvalue weighted by Gasteiger charge is -2.35. The summed E-state index contributed by atoms with van der Waals surface area (Å²) in [5.74, 6) is -1.29. The molecule has 8 heteroatoms. The molecule has 2 aromatic heterocycles. The summed E-state index contributed by atoms with van der Waals surface area (Å²) >= 11 is 1.22. The van der Waals surface area contributed by atoms with E-state index in [0.717, 1.165) is 11.1 Å². The second-order valence-corrected chi connectivity index (χ2v) is 7.82. The van der Waals surface area contributed by atoms with Gasteiger partial charge in [-0.3, -0.25) is 14.6 Å². The Morgan fingerprint density at radius 3 is 2.83 bits per heavy atom. The summed E-state index contributed by atoms with van der Waals surface area (Å²) in [7, 11) is 0. The van der Waals surface area contributed by atoms with Crippen LogP contribution in [0.4, 0.5) is 4.39 Å². The molecule has 6 nitrogen and oxygen atoms in total. The third kappa shape index (κ3) is 3.51. The van der Waals surface area contributed by atoms with Crippen LogP contribution in [0.2, 0.25) is 0 Å². The van der Waals surface area contributed by atoms with E-state index in [2.05, 4.69) is 9.97 Å². The van der Waals surface area contributed by atoms with Crippen LogP contribution in [0.3, 0.4) is 0 Å². The molecule has 0 spiro atoms. The number of carbonyl (C=O) groups excluding carboxylic acids is 2. The summed E-state index contributed by atoms with van der Waals surface area (Å²) in [6.45, 7) is 1.75. The lowest BCUT2D eigenvalue weighted by atomic mass is 10.00. The number of carbonyl (C=O) groups is 2. The molecule has 2 atom stereocenters. The Morgan fingerprint density at radius 2 is 2.17 bits per heavy atom. The van der Waals surface area contributed by atoms with E-state index in [-0.39, 0.29) is 11.7 Å². The van der Waals surface area contributed by atoms with Gasteiger partial charge in [0.15, 0.2) is 0 Å². The molecule has 1 aliphatic carbocycles. The van der Waals surface area contributed by atoms with E-state index in [4.69, 9.17) is 5.73 Å². The van der Waals surface area contributed by atoms with Gasteiger partial charge in [0.25, 0.3) is 5.91 Å². The van der Waals surface area contributed by atoms with Crippen LogP contribution in [0.5, 0.6) is 0 Å². The molecule has 29 heavy (non-hydrogen) atoms. The molecule has 148 valence electrons. The number of rotatable bonds is 5. The molecule has 1 aliphatic rings. The van der Waals surface area contributed by atoms with E-state index in [1.54, 1.807) is 36.8 Å². The molecular formula is C21H19FN4O2S. The highest BCUT2D eigenvalue weighted by Gasteiger charge is 2.40. The topological polar surface area (TPSA) is 89.2 Å². The molecule has 4 rings (SSSR count). The highest BCUT2D eigenvalue weighted by molar-refractivity contribution is 7.11. The average Bonchev–Trinajstić information content (AvgIpc) is 3.31. The SMILES string of the molecule is Cc1ncsc1C(=O)N([C@@H]1CCc2cc(F)ccc21)[C@@H](C(N)=O)c1cccnc1. The van der Waals surface area contributed by atoms with Crippen LogP contribution >= 0.6 is 11.3 Å². The van der Waals surface area contributed by atoms with E-state index in [0.29, 0.717) is 29.0 Å². The monoisotopic (exact) mass is 410 g/mol. The maximum absolute atomic E-state index is 13.7. The van der Waals surface area contributed by atoms with Crippen LogP contribution in [0.1, 0.15) is 50.6 Å². The van der Waals surface area contributed by atoms with Crippen LogP contribution in [0.25, 0.3) is 0 Å². The minimum absolute atomic E-state index is 0.320. The molecule has 2 amide bonds. The summed E-state index contributed by atoms with van der Waals surface area (Å²) in [5.41, 5.74) is 10.2. The maximum atomic E-state index is 13.7. The molecule has 2 N–H and O–H groups in total. The van der Waals surface area contributed by atoms with Crippen LogP contribution in [0.15, 0.2) is 48.2 Å². The number of pyridine rings is 1. The molecule has 2 heterocycles. The lowest BCUT2D eigenvalue weighted by Crippen LogP contribution is -2.43. The summed E-state index contributed by atoms with van der Waals surface area (Å²) in [6, 6.07) is 6.56. The van der Waals surface area contributed by atoms with Gasteiger partial charge in [-0.05, 0) is 49.1 Å². The van der Waals surface area contributed by atoms with Gasteiger partial charge in [0.05, 0.1) is 17.2 Å². The van der Waals surface area contributed by atoms with Gasteiger partial charge in [0.2, 0.25) is 5.91 Å². The molecule has 0 fully saturated rings. The Kier molecular flexibility index (Phi) is 5.10. The minimum atomic E-state index is -1.00. The standard InChI is InChI=1S/C21H19FN4O2S/c1-12-19(29-11-25-12)21(28)26(18(20(23)27)14-3-2-8-24-10-14)17-7-4-13-9-15(22)5-6-16(13)17/h2-3,5-6,8-11,17-18H,4,7H2,1H3,(H2,23,27)/t17-,18-/m1/s1. The van der Waals surface area contributed by atoms with Crippen LogP contribution in [0, 0.1) is 12.7 Å². The molecule has 3 aromatic rings. The van der Waals surface area contributed by atoms with Crippen molar-refractivity contribution in [1.29, 1.82) is 0 Å². The minimum Gasteiger partial charge on any atom is -0.368 e. The van der Waals surface area contributed by atoms with Crippen molar-refractivity contribution in [1.82, 2.24) is 14.9 Å². The van der Waals surface area contributed by atoms with Gasteiger partial charge in [-0.2, -0.15) is 0 Å². The smallest absolute Gasteiger partial charge is 0.267 e. The van der Waals surface area contributed by atoms with Crippen molar-refractivity contribution < 1.29 is 14.0 Å². The Hall–Kier alpha value is -3.13. The Labute approximate surface area is 171 Å². The molecule has 0 aliphatic heterocycles. The number of primary amides is 1. The largest absolute Gasteiger partial charge is 0.368 e. The number of benzene rings is 1. The first-order chi connectivity index (χ1) is 14.0. The van der Waals surface area contributed by atoms with Gasteiger partial charge in [-0.1, -0.05) is 12.1 Å². The van der Waals surface area contributed by atoms with Crippen LogP contribution < -0.4 is 5.73 Å². The molecule has 1 aromatic carbocycles. The second-order valence-electron chi connectivity index (χ2n) is 6.97. The summed E-state index contributed by atoms with van der Waals surface area (Å²) in [5, 5.41) is 0. The van der Waals surface area contributed by atoms with Gasteiger partial charge in [-0.15, -0.1) is 11.3 Å². The zero-order chi connectivity index (χ0) is 20.5. The molecule has 0 saturated carbocycles. The predicted octanol–water partition coefficient (Wildman–Crippen LogP) is 3.34. The first-order valence-electron chi connectivity index (χ1n) is 9.17. The number of nitrogens with zero attached hydrogens (tertiary/aromatic N) is 3. The average molecular weight is 410 g/mol. The maximum Gasteiger partial charge on any atom is 0.267 e. The number of nitrogens with two attached hydrogens (primary N) is 1. The Bertz CT molecular complexity index is 1070. The van der Waals surface area contributed by atoms with Gasteiger partial charge in [0, 0.05) is 18.0 Å². The third-order valence-electron chi connectivity index (χ3n) is 5.21. The predicted molar refractivity (Wildman–Crippen MR) is 107 cm³/mol. The molecule has 0 radical (unpaired) electrons. The zero-order valence-corrected chi connectivity index (χ0v) is 16.5. The number of thiazole rings is 1. The summed E-state index contributed by atoms with van der Waals surface area (Å²) < 4.78 is 13.7. The number of hydrogen-bond donors (Lipinski definition) is 1. The van der Waals surface area contributed by atoms with Crippen molar-refractivity contribution in [2.24, 2.45) is 5.73 Å². The highest BCUT2D eigenvalue weighted by Crippen LogP contribution is 2.41. The van der Waals surface area contributed by atoms with Crippen molar-refractivity contribution in [2.75, 3.05) is 0 Å². The number of aryl methyl sites for hydroxylation is 2. The molecule has 0 unspecified atom stereocenters. The Balaban J connectivity index is 1.85. The quantitative estimate of drug-likeness (QED) is 0.699. The number of hydrogen-bond acceptors (Lipinski definition) is 5. The van der Waals surface area contributed by atoms with E-state index < -0.39 is 18.0 Å². The van der Waals surface area contributed by atoms with Gasteiger partial charge < -0.3 is 10.6 Å². The van der Waals surface area contributed by atoms with E-state index in [1.807, 2.05) is 0 Å². The van der Waals surface area contributed by atoms with E-state index >= 15 is 0 Å². The van der Waals surface area contributed by atoms with Crippen molar-refractivity contribution in [3.63, 3.8) is 0 Å². The van der Waals surface area contributed by atoms with Gasteiger partial charge in [0.1, 0.15) is 16.7 Å². The number of halogens is 1.